The standard InChI is InChI=1S/C26H30N4O5S/c1-16-8-9-18(20(12-26(31)32)21-11-22(21)23-15-29(3)28-27-23)10-19(16)14-30-13-17(2)35-24-6-4-5-7-25(24)36(30,33)34/h4-10,15,17,20-22H,11-14H2,1-3H3,(H,31,32)/t17-,20?,21?,22?/m1/s1. The molecule has 3 unspecified atom stereocenters. The molecule has 1 saturated carbocycles. The van der Waals surface area contributed by atoms with Crippen molar-refractivity contribution >= 4 is 16.0 Å². The Hall–Kier alpha value is -3.24. The van der Waals surface area contributed by atoms with Gasteiger partial charge >= 0.3 is 5.97 Å². The lowest BCUT2D eigenvalue weighted by Crippen LogP contribution is -2.35. The van der Waals surface area contributed by atoms with E-state index >= 15 is 0 Å². The Bertz CT molecular complexity index is 1400. The van der Waals surface area contributed by atoms with Crippen molar-refractivity contribution in [2.24, 2.45) is 13.0 Å². The first kappa shape index (κ1) is 24.5. The van der Waals surface area contributed by atoms with Crippen LogP contribution >= 0.6 is 0 Å². The van der Waals surface area contributed by atoms with E-state index < -0.39 is 16.0 Å². The van der Waals surface area contributed by atoms with Gasteiger partial charge in [0.2, 0.25) is 10.0 Å². The largest absolute Gasteiger partial charge is 0.488 e. The van der Waals surface area contributed by atoms with Crippen LogP contribution in [0.25, 0.3) is 0 Å². The van der Waals surface area contributed by atoms with Gasteiger partial charge in [-0.1, -0.05) is 35.5 Å². The minimum Gasteiger partial charge on any atom is -0.488 e. The third-order valence-electron chi connectivity index (χ3n) is 7.16. The molecular weight excluding hydrogens is 480 g/mol. The molecule has 1 aliphatic carbocycles. The molecule has 10 heteroatoms. The molecule has 190 valence electrons. The molecule has 1 fully saturated rings. The number of para-hydroxylation sites is 1. The summed E-state index contributed by atoms with van der Waals surface area (Å²) >= 11 is 0. The molecule has 9 nitrogen and oxygen atoms in total. The fourth-order valence-electron chi connectivity index (χ4n) is 5.21. The number of nitrogens with zero attached hydrogens (tertiary/aromatic N) is 4. The van der Waals surface area contributed by atoms with Crippen LogP contribution in [0.3, 0.4) is 0 Å². The summed E-state index contributed by atoms with van der Waals surface area (Å²) in [5.74, 6) is -0.366. The second-order valence-electron chi connectivity index (χ2n) is 9.89. The Kier molecular flexibility index (Phi) is 6.34. The van der Waals surface area contributed by atoms with Crippen LogP contribution in [0, 0.1) is 12.8 Å². The van der Waals surface area contributed by atoms with E-state index in [0.717, 1.165) is 28.8 Å². The van der Waals surface area contributed by atoms with Crippen molar-refractivity contribution in [2.75, 3.05) is 6.54 Å². The van der Waals surface area contributed by atoms with E-state index in [4.69, 9.17) is 4.74 Å². The molecule has 0 spiro atoms. The molecule has 2 heterocycles. The molecule has 5 rings (SSSR count). The highest BCUT2D eigenvalue weighted by Gasteiger charge is 2.46. The van der Waals surface area contributed by atoms with Crippen LogP contribution in [0.1, 0.15) is 54.0 Å². The molecule has 1 N–H and O–H groups in total. The number of aromatic nitrogens is 3. The number of carboxylic acids is 1. The molecule has 0 amide bonds. The lowest BCUT2D eigenvalue weighted by molar-refractivity contribution is -0.137. The van der Waals surface area contributed by atoms with E-state index in [1.165, 1.54) is 4.31 Å². The highest BCUT2D eigenvalue weighted by molar-refractivity contribution is 7.89. The maximum absolute atomic E-state index is 13.5. The minimum absolute atomic E-state index is 0.00416. The summed E-state index contributed by atoms with van der Waals surface area (Å²) < 4.78 is 36.1. The second kappa shape index (κ2) is 9.33. The third-order valence-corrected chi connectivity index (χ3v) is 9.01. The average Bonchev–Trinajstić information content (AvgIpc) is 3.51. The third kappa shape index (κ3) is 4.75. The van der Waals surface area contributed by atoms with Crippen molar-refractivity contribution in [3.05, 3.63) is 71.0 Å². The number of sulfonamides is 1. The Labute approximate surface area is 210 Å². The van der Waals surface area contributed by atoms with Crippen LogP contribution in [0.2, 0.25) is 0 Å². The summed E-state index contributed by atoms with van der Waals surface area (Å²) in [6.45, 7) is 4.21. The van der Waals surface area contributed by atoms with Gasteiger partial charge in [-0.15, -0.1) is 5.10 Å². The van der Waals surface area contributed by atoms with Gasteiger partial charge in [-0.3, -0.25) is 9.48 Å². The number of carbonyl (C=O) groups is 1. The quantitative estimate of drug-likeness (QED) is 0.518. The Balaban J connectivity index is 1.45. The fourth-order valence-corrected chi connectivity index (χ4v) is 6.82. The van der Waals surface area contributed by atoms with Crippen LogP contribution < -0.4 is 4.74 Å². The molecule has 0 bridgehead atoms. The Morgan fingerprint density at radius 3 is 2.75 bits per heavy atom. The number of fused-ring (bicyclic) bond motifs is 1. The van der Waals surface area contributed by atoms with Crippen LogP contribution in [-0.2, 0) is 28.4 Å². The predicted molar refractivity (Wildman–Crippen MR) is 132 cm³/mol. The number of benzene rings is 2. The van der Waals surface area contributed by atoms with Gasteiger partial charge in [-0.05, 0) is 60.9 Å². The number of carboxylic acid groups (broad SMARTS) is 1. The van der Waals surface area contributed by atoms with E-state index in [1.807, 2.05) is 45.3 Å². The Morgan fingerprint density at radius 2 is 2.03 bits per heavy atom. The van der Waals surface area contributed by atoms with Gasteiger partial charge in [-0.2, -0.15) is 4.31 Å². The number of ether oxygens (including phenoxy) is 1. The molecule has 2 aliphatic rings. The van der Waals surface area contributed by atoms with E-state index in [-0.39, 0.29) is 48.3 Å². The monoisotopic (exact) mass is 510 g/mol. The molecule has 36 heavy (non-hydrogen) atoms. The van der Waals surface area contributed by atoms with Crippen molar-refractivity contribution in [3.63, 3.8) is 0 Å². The van der Waals surface area contributed by atoms with Crippen molar-refractivity contribution in [3.8, 4) is 5.75 Å². The maximum Gasteiger partial charge on any atom is 0.303 e. The molecule has 2 aromatic carbocycles. The second-order valence-corrected chi connectivity index (χ2v) is 11.8. The molecule has 4 atom stereocenters. The highest BCUT2D eigenvalue weighted by atomic mass is 32.2. The van der Waals surface area contributed by atoms with Gasteiger partial charge in [-0.25, -0.2) is 8.42 Å². The predicted octanol–water partition coefficient (Wildman–Crippen LogP) is 3.46. The van der Waals surface area contributed by atoms with Crippen molar-refractivity contribution in [2.45, 2.75) is 56.1 Å². The van der Waals surface area contributed by atoms with Crippen molar-refractivity contribution in [1.82, 2.24) is 19.3 Å². The number of aliphatic carboxylic acids is 1. The highest BCUT2D eigenvalue weighted by Crippen LogP contribution is 2.55. The number of hydrogen-bond donors (Lipinski definition) is 1. The van der Waals surface area contributed by atoms with E-state index in [9.17, 15) is 18.3 Å². The first-order chi connectivity index (χ1) is 17.1. The lowest BCUT2D eigenvalue weighted by atomic mass is 9.87. The average molecular weight is 511 g/mol. The van der Waals surface area contributed by atoms with Gasteiger partial charge < -0.3 is 9.84 Å². The summed E-state index contributed by atoms with van der Waals surface area (Å²) in [6, 6.07) is 12.6. The number of rotatable bonds is 7. The number of hydrogen-bond acceptors (Lipinski definition) is 6. The smallest absolute Gasteiger partial charge is 0.303 e. The summed E-state index contributed by atoms with van der Waals surface area (Å²) in [7, 11) is -1.95. The molecule has 1 aliphatic heterocycles. The zero-order chi connectivity index (χ0) is 25.6. The van der Waals surface area contributed by atoms with Crippen molar-refractivity contribution < 1.29 is 23.1 Å². The molecule has 3 aromatic rings. The topological polar surface area (TPSA) is 115 Å². The van der Waals surface area contributed by atoms with Gasteiger partial charge in [0.25, 0.3) is 0 Å². The van der Waals surface area contributed by atoms with Crippen LogP contribution in [0.5, 0.6) is 5.75 Å². The summed E-state index contributed by atoms with van der Waals surface area (Å²) in [6.07, 6.45) is 2.43. The zero-order valence-electron chi connectivity index (χ0n) is 20.5. The van der Waals surface area contributed by atoms with Gasteiger partial charge in [0, 0.05) is 25.7 Å². The summed E-state index contributed by atoms with van der Waals surface area (Å²) in [5.41, 5.74) is 3.60. The Morgan fingerprint density at radius 1 is 1.25 bits per heavy atom. The first-order valence-electron chi connectivity index (χ1n) is 12.1. The summed E-state index contributed by atoms with van der Waals surface area (Å²) in [4.78, 5) is 11.9. The molecule has 1 aromatic heterocycles. The number of aryl methyl sites for hydroxylation is 2. The zero-order valence-corrected chi connectivity index (χ0v) is 21.4. The van der Waals surface area contributed by atoms with Crippen molar-refractivity contribution in [1.29, 1.82) is 0 Å². The summed E-state index contributed by atoms with van der Waals surface area (Å²) in [5, 5.41) is 17.9. The van der Waals surface area contributed by atoms with Gasteiger partial charge in [0.1, 0.15) is 16.7 Å². The normalized spacial score (nSPS) is 23.8. The first-order valence-corrected chi connectivity index (χ1v) is 13.5. The molecular formula is C26H30N4O5S. The molecule has 0 saturated heterocycles. The van der Waals surface area contributed by atoms with Gasteiger partial charge in [0.05, 0.1) is 18.7 Å². The molecule has 0 radical (unpaired) electrons. The van der Waals surface area contributed by atoms with Crippen LogP contribution in [0.15, 0.2) is 53.6 Å². The lowest BCUT2D eigenvalue weighted by Gasteiger charge is -2.24. The maximum atomic E-state index is 13.5. The SMILES string of the molecule is Cc1ccc(C(CC(=O)O)C2CC2c2cn(C)nn2)cc1CN1C[C@@H](C)Oc2ccccc2S1(=O)=O. The van der Waals surface area contributed by atoms with Crippen LogP contribution in [0.4, 0.5) is 0 Å². The minimum atomic E-state index is -3.77. The van der Waals surface area contributed by atoms with E-state index in [0.29, 0.717) is 5.75 Å². The van der Waals surface area contributed by atoms with Crippen LogP contribution in [-0.4, -0.2) is 51.4 Å². The van der Waals surface area contributed by atoms with E-state index in [1.54, 1.807) is 28.9 Å². The van der Waals surface area contributed by atoms with Gasteiger partial charge in [0.15, 0.2) is 0 Å². The fraction of sp³-hybridized carbons (Fsp3) is 0.423. The van der Waals surface area contributed by atoms with E-state index in [2.05, 4.69) is 10.3 Å².